The Bertz CT molecular complexity index is 630. The van der Waals surface area contributed by atoms with Gasteiger partial charge in [0, 0.05) is 5.56 Å². The Kier molecular flexibility index (Phi) is 2.91. The number of aliphatic hydroxyl groups excluding tert-OH is 1. The van der Waals surface area contributed by atoms with E-state index < -0.39 is 6.10 Å². The van der Waals surface area contributed by atoms with E-state index in [2.05, 4.69) is 5.10 Å². The third-order valence-corrected chi connectivity index (χ3v) is 3.79. The van der Waals surface area contributed by atoms with E-state index in [1.807, 2.05) is 30.3 Å². The summed E-state index contributed by atoms with van der Waals surface area (Å²) in [6.07, 6.45) is 1.99. The molecule has 19 heavy (non-hydrogen) atoms. The second-order valence-electron chi connectivity index (χ2n) is 5.01. The van der Waals surface area contributed by atoms with Crippen molar-refractivity contribution in [3.63, 3.8) is 0 Å². The van der Waals surface area contributed by atoms with Crippen molar-refractivity contribution in [2.24, 2.45) is 0 Å². The van der Waals surface area contributed by atoms with E-state index in [9.17, 15) is 9.90 Å². The van der Waals surface area contributed by atoms with Gasteiger partial charge in [-0.05, 0) is 19.3 Å². The molecule has 2 atom stereocenters. The highest BCUT2D eigenvalue weighted by molar-refractivity contribution is 5.71. The molecule has 1 aromatic carbocycles. The number of nitrogens with zero attached hydrogens (tertiary/aromatic N) is 1. The van der Waals surface area contributed by atoms with Crippen LogP contribution in [0.25, 0.3) is 11.3 Å². The maximum atomic E-state index is 12.2. The van der Waals surface area contributed by atoms with Gasteiger partial charge in [0.25, 0.3) is 5.56 Å². The first kappa shape index (κ1) is 12.0. The molecular weight excluding hydrogens is 242 g/mol. The van der Waals surface area contributed by atoms with Crippen molar-refractivity contribution in [2.45, 2.75) is 31.4 Å². The Hall–Kier alpha value is -2.01. The Morgan fingerprint density at radius 3 is 2.63 bits per heavy atom. The molecule has 1 aromatic heterocycles. The summed E-state index contributed by atoms with van der Waals surface area (Å²) < 4.78 is 1.48. The Morgan fingerprint density at radius 1 is 1.26 bits per heavy atom. The van der Waals surface area contributed by atoms with Crippen LogP contribution in [0, 0.1) is 0 Å². The normalized spacial score (nSPS) is 22.8. The lowest BCUT2D eigenvalue weighted by molar-refractivity contribution is 0.129. The van der Waals surface area contributed by atoms with Crippen LogP contribution in [0.15, 0.2) is 35.1 Å². The maximum Gasteiger partial charge on any atom is 0.290 e. The van der Waals surface area contributed by atoms with Crippen LogP contribution < -0.4 is 11.3 Å². The molecule has 1 aliphatic carbocycles. The smallest absolute Gasteiger partial charge is 0.290 e. The lowest BCUT2D eigenvalue weighted by Crippen LogP contribution is -2.28. The zero-order valence-corrected chi connectivity index (χ0v) is 10.5. The molecule has 1 aliphatic rings. The van der Waals surface area contributed by atoms with Gasteiger partial charge < -0.3 is 10.8 Å². The second kappa shape index (κ2) is 4.59. The largest absolute Gasteiger partial charge is 0.392 e. The standard InChI is InChI=1S/C14H17N3O2/c15-12-13(9-5-2-1-3-6-9)16-17(14(12)19)10-7-4-8-11(10)18/h1-3,5-6,10-11,16,18H,4,7-8,15H2. The third kappa shape index (κ3) is 1.96. The molecule has 100 valence electrons. The van der Waals surface area contributed by atoms with Crippen molar-refractivity contribution in [3.8, 4) is 11.3 Å². The van der Waals surface area contributed by atoms with Crippen molar-refractivity contribution in [2.75, 3.05) is 5.73 Å². The Labute approximate surface area is 110 Å². The molecule has 4 N–H and O–H groups in total. The molecule has 0 bridgehead atoms. The average molecular weight is 259 g/mol. The van der Waals surface area contributed by atoms with Crippen molar-refractivity contribution >= 4 is 5.69 Å². The van der Waals surface area contributed by atoms with E-state index >= 15 is 0 Å². The molecule has 1 fully saturated rings. The highest BCUT2D eigenvalue weighted by Gasteiger charge is 2.29. The molecule has 0 amide bonds. The number of nitrogens with two attached hydrogens (primary N) is 1. The summed E-state index contributed by atoms with van der Waals surface area (Å²) in [6, 6.07) is 9.32. The highest BCUT2D eigenvalue weighted by Crippen LogP contribution is 2.30. The summed E-state index contributed by atoms with van der Waals surface area (Å²) in [4.78, 5) is 12.2. The molecule has 0 aliphatic heterocycles. The van der Waals surface area contributed by atoms with Gasteiger partial charge in [-0.15, -0.1) is 0 Å². The Balaban J connectivity index is 2.07. The van der Waals surface area contributed by atoms with Crippen LogP contribution in [0.4, 0.5) is 5.69 Å². The molecule has 1 heterocycles. The predicted octanol–water partition coefficient (Wildman–Crippen LogP) is 1.51. The van der Waals surface area contributed by atoms with Gasteiger partial charge in [-0.2, -0.15) is 0 Å². The van der Waals surface area contributed by atoms with Crippen molar-refractivity contribution in [1.82, 2.24) is 9.78 Å². The molecule has 5 nitrogen and oxygen atoms in total. The number of nitrogens with one attached hydrogen (secondary N) is 1. The topological polar surface area (TPSA) is 84.0 Å². The Morgan fingerprint density at radius 2 is 2.00 bits per heavy atom. The molecule has 0 radical (unpaired) electrons. The van der Waals surface area contributed by atoms with Gasteiger partial charge in [-0.1, -0.05) is 30.3 Å². The van der Waals surface area contributed by atoms with Gasteiger partial charge in [0.15, 0.2) is 0 Å². The van der Waals surface area contributed by atoms with Crippen molar-refractivity contribution in [3.05, 3.63) is 40.7 Å². The number of aromatic amines is 1. The molecular formula is C14H17N3O2. The van der Waals surface area contributed by atoms with Gasteiger partial charge in [0.05, 0.1) is 17.8 Å². The van der Waals surface area contributed by atoms with Gasteiger partial charge in [-0.3, -0.25) is 9.89 Å². The minimum absolute atomic E-state index is 0.188. The van der Waals surface area contributed by atoms with Crippen LogP contribution in [-0.2, 0) is 0 Å². The SMILES string of the molecule is Nc1c(-c2ccccc2)[nH]n(C2CCCC2O)c1=O. The molecule has 2 aromatic rings. The molecule has 2 unspecified atom stereocenters. The summed E-state index contributed by atoms with van der Waals surface area (Å²) in [5, 5.41) is 13.0. The van der Waals surface area contributed by atoms with Gasteiger partial charge in [0.2, 0.25) is 0 Å². The zero-order valence-electron chi connectivity index (χ0n) is 10.5. The first-order chi connectivity index (χ1) is 9.18. The van der Waals surface area contributed by atoms with Crippen LogP contribution >= 0.6 is 0 Å². The number of hydrogen-bond acceptors (Lipinski definition) is 3. The number of rotatable bonds is 2. The van der Waals surface area contributed by atoms with E-state index in [0.717, 1.165) is 24.8 Å². The van der Waals surface area contributed by atoms with Gasteiger partial charge >= 0.3 is 0 Å². The van der Waals surface area contributed by atoms with Crippen LogP contribution in [-0.4, -0.2) is 21.0 Å². The summed E-state index contributed by atoms with van der Waals surface area (Å²) >= 11 is 0. The lowest BCUT2D eigenvalue weighted by atomic mass is 10.1. The fourth-order valence-electron chi connectivity index (χ4n) is 2.75. The second-order valence-corrected chi connectivity index (χ2v) is 5.01. The fourth-order valence-corrected chi connectivity index (χ4v) is 2.75. The average Bonchev–Trinajstić information content (AvgIpc) is 2.97. The molecule has 3 rings (SSSR count). The van der Waals surface area contributed by atoms with Crippen LogP contribution in [0.1, 0.15) is 25.3 Å². The van der Waals surface area contributed by atoms with E-state index in [1.165, 1.54) is 4.68 Å². The van der Waals surface area contributed by atoms with E-state index in [0.29, 0.717) is 5.69 Å². The number of benzene rings is 1. The van der Waals surface area contributed by atoms with Crippen LogP contribution in [0.3, 0.4) is 0 Å². The number of anilines is 1. The quantitative estimate of drug-likeness (QED) is 0.764. The minimum atomic E-state index is -0.473. The summed E-state index contributed by atoms with van der Waals surface area (Å²) in [6.45, 7) is 0. The maximum absolute atomic E-state index is 12.2. The molecule has 1 saturated carbocycles. The number of aromatic nitrogens is 2. The monoisotopic (exact) mass is 259 g/mol. The minimum Gasteiger partial charge on any atom is -0.392 e. The number of hydrogen-bond donors (Lipinski definition) is 3. The van der Waals surface area contributed by atoms with Crippen LogP contribution in [0.2, 0.25) is 0 Å². The lowest BCUT2D eigenvalue weighted by Gasteiger charge is -2.14. The molecule has 0 saturated heterocycles. The van der Waals surface area contributed by atoms with Crippen molar-refractivity contribution in [1.29, 1.82) is 0 Å². The zero-order chi connectivity index (χ0) is 13.4. The van der Waals surface area contributed by atoms with Crippen LogP contribution in [0.5, 0.6) is 0 Å². The predicted molar refractivity (Wildman–Crippen MR) is 73.8 cm³/mol. The first-order valence-electron chi connectivity index (χ1n) is 6.52. The summed E-state index contributed by atoms with van der Waals surface area (Å²) in [5.41, 5.74) is 7.38. The number of H-pyrrole nitrogens is 1. The fraction of sp³-hybridized carbons (Fsp3) is 0.357. The summed E-state index contributed by atoms with van der Waals surface area (Å²) in [7, 11) is 0. The summed E-state index contributed by atoms with van der Waals surface area (Å²) in [5.74, 6) is 0. The molecule has 5 heteroatoms. The third-order valence-electron chi connectivity index (χ3n) is 3.79. The van der Waals surface area contributed by atoms with E-state index in [4.69, 9.17) is 5.73 Å². The van der Waals surface area contributed by atoms with Gasteiger partial charge in [0.1, 0.15) is 5.69 Å². The van der Waals surface area contributed by atoms with E-state index in [1.54, 1.807) is 0 Å². The first-order valence-corrected chi connectivity index (χ1v) is 6.52. The highest BCUT2D eigenvalue weighted by atomic mass is 16.3. The number of aliphatic hydroxyl groups is 1. The van der Waals surface area contributed by atoms with Crippen molar-refractivity contribution < 1.29 is 5.11 Å². The van der Waals surface area contributed by atoms with Gasteiger partial charge in [-0.25, -0.2) is 4.68 Å². The molecule has 0 spiro atoms. The number of nitrogen functional groups attached to an aromatic ring is 1. The van der Waals surface area contributed by atoms with E-state index in [-0.39, 0.29) is 17.3 Å².